The highest BCUT2D eigenvalue weighted by Gasteiger charge is 2.34. The summed E-state index contributed by atoms with van der Waals surface area (Å²) in [6.07, 6.45) is 2.08. The first-order valence-electron chi connectivity index (χ1n) is 6.94. The normalized spacial score (nSPS) is 21.0. The molecule has 7 heteroatoms. The molecule has 0 aliphatic heterocycles. The number of ether oxygens (including phenoxy) is 1. The average molecular weight is 294 g/mol. The number of carbonyl (C=O) groups is 1. The molecule has 1 aliphatic carbocycles. The van der Waals surface area contributed by atoms with E-state index in [-0.39, 0.29) is 17.5 Å². The van der Waals surface area contributed by atoms with E-state index in [2.05, 4.69) is 5.32 Å². The van der Waals surface area contributed by atoms with Gasteiger partial charge >= 0.3 is 11.7 Å². The molecule has 1 saturated carbocycles. The van der Waals surface area contributed by atoms with E-state index >= 15 is 0 Å². The molecule has 2 unspecified atom stereocenters. The van der Waals surface area contributed by atoms with Crippen LogP contribution >= 0.6 is 0 Å². The summed E-state index contributed by atoms with van der Waals surface area (Å²) in [5, 5.41) is 23.5. The molecule has 1 fully saturated rings. The molecule has 0 heterocycles. The molecule has 2 atom stereocenters. The lowest BCUT2D eigenvalue weighted by atomic mass is 10.0. The first kappa shape index (κ1) is 15.1. The fraction of sp³-hybridized carbons (Fsp3) is 0.500. The summed E-state index contributed by atoms with van der Waals surface area (Å²) in [7, 11) is 0. The fourth-order valence-electron chi connectivity index (χ4n) is 2.73. The van der Waals surface area contributed by atoms with Crippen molar-refractivity contribution in [1.82, 2.24) is 0 Å². The lowest BCUT2D eigenvalue weighted by Crippen LogP contribution is -2.30. The van der Waals surface area contributed by atoms with Crippen molar-refractivity contribution < 1.29 is 19.6 Å². The maximum Gasteiger partial charge on any atom is 0.333 e. The number of anilines is 1. The van der Waals surface area contributed by atoms with Crippen LogP contribution < -0.4 is 10.1 Å². The second-order valence-electron chi connectivity index (χ2n) is 4.97. The van der Waals surface area contributed by atoms with Gasteiger partial charge in [0.25, 0.3) is 0 Å². The van der Waals surface area contributed by atoms with E-state index in [0.29, 0.717) is 25.1 Å². The van der Waals surface area contributed by atoms with Gasteiger partial charge in [-0.3, -0.25) is 14.9 Å². The van der Waals surface area contributed by atoms with Crippen molar-refractivity contribution in [2.24, 2.45) is 5.92 Å². The van der Waals surface area contributed by atoms with Crippen LogP contribution in [0.2, 0.25) is 0 Å². The van der Waals surface area contributed by atoms with E-state index in [1.165, 1.54) is 6.07 Å². The van der Waals surface area contributed by atoms with Gasteiger partial charge in [-0.1, -0.05) is 12.5 Å². The summed E-state index contributed by atoms with van der Waals surface area (Å²) in [5.74, 6) is -1.19. The van der Waals surface area contributed by atoms with Crippen LogP contribution in [0.25, 0.3) is 0 Å². The molecule has 0 amide bonds. The number of benzene rings is 1. The topological polar surface area (TPSA) is 102 Å². The van der Waals surface area contributed by atoms with Gasteiger partial charge in [-0.25, -0.2) is 0 Å². The van der Waals surface area contributed by atoms with Gasteiger partial charge in [-0.05, 0) is 31.9 Å². The third-order valence-electron chi connectivity index (χ3n) is 3.66. The zero-order valence-electron chi connectivity index (χ0n) is 11.7. The molecule has 114 valence electrons. The summed E-state index contributed by atoms with van der Waals surface area (Å²) in [6, 6.07) is 4.48. The van der Waals surface area contributed by atoms with Crippen LogP contribution in [0.3, 0.4) is 0 Å². The van der Waals surface area contributed by atoms with Crippen molar-refractivity contribution >= 4 is 17.3 Å². The van der Waals surface area contributed by atoms with Crippen molar-refractivity contribution in [3.8, 4) is 5.75 Å². The van der Waals surface area contributed by atoms with Crippen LogP contribution in [0.4, 0.5) is 11.4 Å². The Morgan fingerprint density at radius 1 is 1.52 bits per heavy atom. The zero-order valence-corrected chi connectivity index (χ0v) is 11.7. The van der Waals surface area contributed by atoms with Crippen molar-refractivity contribution in [3.05, 3.63) is 28.3 Å². The van der Waals surface area contributed by atoms with Crippen molar-refractivity contribution in [1.29, 1.82) is 0 Å². The van der Waals surface area contributed by atoms with E-state index in [9.17, 15) is 20.0 Å². The van der Waals surface area contributed by atoms with Crippen LogP contribution in [0.5, 0.6) is 5.75 Å². The number of nitro benzene ring substituents is 1. The summed E-state index contributed by atoms with van der Waals surface area (Å²) in [6.45, 7) is 2.08. The highest BCUT2D eigenvalue weighted by atomic mass is 16.6. The second-order valence-corrected chi connectivity index (χ2v) is 4.97. The van der Waals surface area contributed by atoms with E-state index < -0.39 is 16.8 Å². The number of carboxylic acids is 1. The number of rotatable bonds is 6. The summed E-state index contributed by atoms with van der Waals surface area (Å²) < 4.78 is 5.28. The third-order valence-corrected chi connectivity index (χ3v) is 3.66. The minimum atomic E-state index is -0.867. The second kappa shape index (κ2) is 6.43. The summed E-state index contributed by atoms with van der Waals surface area (Å²) >= 11 is 0. The van der Waals surface area contributed by atoms with Gasteiger partial charge in [0.05, 0.1) is 17.4 Å². The van der Waals surface area contributed by atoms with E-state index in [1.54, 1.807) is 19.1 Å². The number of para-hydroxylation sites is 1. The van der Waals surface area contributed by atoms with Gasteiger partial charge in [-0.2, -0.15) is 0 Å². The molecular formula is C14H18N2O5. The predicted molar refractivity (Wildman–Crippen MR) is 76.7 cm³/mol. The van der Waals surface area contributed by atoms with Crippen molar-refractivity contribution in [2.45, 2.75) is 32.2 Å². The van der Waals surface area contributed by atoms with Crippen molar-refractivity contribution in [3.63, 3.8) is 0 Å². The highest BCUT2D eigenvalue weighted by Crippen LogP contribution is 2.37. The summed E-state index contributed by atoms with van der Waals surface area (Å²) in [5.41, 5.74) is 0.166. The highest BCUT2D eigenvalue weighted by molar-refractivity contribution is 5.74. The number of aliphatic carboxylic acids is 1. The lowest BCUT2D eigenvalue weighted by molar-refractivity contribution is -0.385. The Morgan fingerprint density at radius 2 is 2.29 bits per heavy atom. The molecule has 2 rings (SSSR count). The van der Waals surface area contributed by atoms with Crippen LogP contribution in [0, 0.1) is 16.0 Å². The van der Waals surface area contributed by atoms with Crippen LogP contribution in [-0.2, 0) is 4.79 Å². The Balaban J connectivity index is 2.29. The number of hydrogen-bond acceptors (Lipinski definition) is 5. The van der Waals surface area contributed by atoms with Gasteiger partial charge in [0.2, 0.25) is 0 Å². The molecule has 1 aromatic rings. The van der Waals surface area contributed by atoms with Crippen LogP contribution in [0.1, 0.15) is 26.2 Å². The standard InChI is InChI=1S/C14H18N2O5/c1-2-21-12-8-4-7-11(13(12)16(19)20)15-10-6-3-5-9(10)14(17)18/h4,7-10,15H,2-3,5-6H2,1H3,(H,17,18). The van der Waals surface area contributed by atoms with Crippen LogP contribution in [-0.4, -0.2) is 28.6 Å². The number of nitro groups is 1. The quantitative estimate of drug-likeness (QED) is 0.617. The Morgan fingerprint density at radius 3 is 2.90 bits per heavy atom. The first-order chi connectivity index (χ1) is 10.0. The maximum absolute atomic E-state index is 11.3. The minimum Gasteiger partial charge on any atom is -0.487 e. The minimum absolute atomic E-state index is 0.143. The number of nitrogens with zero attached hydrogens (tertiary/aromatic N) is 1. The maximum atomic E-state index is 11.3. The largest absolute Gasteiger partial charge is 0.487 e. The van der Waals surface area contributed by atoms with Gasteiger partial charge in [0.15, 0.2) is 5.75 Å². The monoisotopic (exact) mass is 294 g/mol. The van der Waals surface area contributed by atoms with Gasteiger partial charge in [0, 0.05) is 6.04 Å². The number of nitrogens with one attached hydrogen (secondary N) is 1. The molecule has 2 N–H and O–H groups in total. The zero-order chi connectivity index (χ0) is 15.4. The molecular weight excluding hydrogens is 276 g/mol. The van der Waals surface area contributed by atoms with Crippen LogP contribution in [0.15, 0.2) is 18.2 Å². The molecule has 0 bridgehead atoms. The van der Waals surface area contributed by atoms with Gasteiger partial charge in [-0.15, -0.1) is 0 Å². The molecule has 21 heavy (non-hydrogen) atoms. The first-order valence-corrected chi connectivity index (χ1v) is 6.94. The third kappa shape index (κ3) is 3.24. The molecule has 0 radical (unpaired) electrons. The molecule has 1 aliphatic rings. The van der Waals surface area contributed by atoms with Gasteiger partial charge in [0.1, 0.15) is 5.69 Å². The predicted octanol–water partition coefficient (Wildman–Crippen LogP) is 2.66. The molecule has 1 aromatic carbocycles. The smallest absolute Gasteiger partial charge is 0.333 e. The van der Waals surface area contributed by atoms with E-state index in [0.717, 1.165) is 6.42 Å². The average Bonchev–Trinajstić information content (AvgIpc) is 2.87. The van der Waals surface area contributed by atoms with Gasteiger partial charge < -0.3 is 15.2 Å². The van der Waals surface area contributed by atoms with E-state index in [1.807, 2.05) is 0 Å². The van der Waals surface area contributed by atoms with E-state index in [4.69, 9.17) is 4.74 Å². The Kier molecular flexibility index (Phi) is 4.62. The SMILES string of the molecule is CCOc1cccc(NC2CCCC2C(=O)O)c1[N+](=O)[O-]. The molecule has 0 saturated heterocycles. The fourth-order valence-corrected chi connectivity index (χ4v) is 2.73. The number of hydrogen-bond donors (Lipinski definition) is 2. The molecule has 0 spiro atoms. The molecule has 0 aromatic heterocycles. The Bertz CT molecular complexity index is 546. The number of carboxylic acid groups (broad SMARTS) is 1. The lowest BCUT2D eigenvalue weighted by Gasteiger charge is -2.19. The van der Waals surface area contributed by atoms with Crippen molar-refractivity contribution in [2.75, 3.05) is 11.9 Å². The molecule has 7 nitrogen and oxygen atoms in total. The Hall–Kier alpha value is -2.31. The summed E-state index contributed by atoms with van der Waals surface area (Å²) in [4.78, 5) is 22.0. The Labute approximate surface area is 122 Å².